The number of nitrogens with zero attached hydrogens (tertiary/aromatic N) is 1. The van der Waals surface area contributed by atoms with E-state index < -0.39 is 11.6 Å². The second-order valence-corrected chi connectivity index (χ2v) is 9.50. The van der Waals surface area contributed by atoms with E-state index >= 15 is 0 Å². The number of anilines is 1. The number of carbonyl (C=O) groups excluding carboxylic acids is 1. The van der Waals surface area contributed by atoms with Crippen LogP contribution in [0.2, 0.25) is 5.02 Å². The Kier molecular flexibility index (Phi) is 6.61. The minimum absolute atomic E-state index is 0.0736. The number of nitrogens with one attached hydrogen (secondary N) is 3. The summed E-state index contributed by atoms with van der Waals surface area (Å²) in [7, 11) is 0. The van der Waals surface area contributed by atoms with E-state index in [1.54, 1.807) is 4.90 Å². The topological polar surface area (TPSA) is 69.4 Å². The minimum Gasteiger partial charge on any atom is -0.493 e. The largest absolute Gasteiger partial charge is 0.493 e. The van der Waals surface area contributed by atoms with E-state index in [1.165, 1.54) is 6.07 Å². The average molecular weight is 489 g/mol. The molecular formula is C25H27ClF2N4O2. The molecule has 0 aliphatic carbocycles. The van der Waals surface area contributed by atoms with E-state index in [0.29, 0.717) is 36.5 Å². The van der Waals surface area contributed by atoms with Gasteiger partial charge in [0.05, 0.1) is 17.8 Å². The number of hydrogen-bond acceptors (Lipinski definition) is 4. The van der Waals surface area contributed by atoms with Gasteiger partial charge in [-0.05, 0) is 62.7 Å². The van der Waals surface area contributed by atoms with Gasteiger partial charge in [0.1, 0.15) is 11.4 Å². The van der Waals surface area contributed by atoms with Crippen LogP contribution in [0.1, 0.15) is 29.8 Å². The van der Waals surface area contributed by atoms with Crippen LogP contribution in [-0.4, -0.2) is 54.6 Å². The Morgan fingerprint density at radius 1 is 1.12 bits per heavy atom. The van der Waals surface area contributed by atoms with Crippen molar-refractivity contribution in [1.29, 1.82) is 0 Å². The van der Waals surface area contributed by atoms with Gasteiger partial charge in [-0.25, -0.2) is 8.78 Å². The maximum absolute atomic E-state index is 13.4. The fourth-order valence-corrected chi connectivity index (χ4v) is 4.95. The fraction of sp³-hybridized carbons (Fsp3) is 0.400. The van der Waals surface area contributed by atoms with Crippen molar-refractivity contribution in [1.82, 2.24) is 15.2 Å². The molecule has 9 heteroatoms. The Morgan fingerprint density at radius 2 is 1.94 bits per heavy atom. The molecule has 1 amide bonds. The summed E-state index contributed by atoms with van der Waals surface area (Å²) in [6.45, 7) is 3.44. The summed E-state index contributed by atoms with van der Waals surface area (Å²) >= 11 is 6.36. The van der Waals surface area contributed by atoms with Crippen LogP contribution in [0.4, 0.5) is 14.5 Å². The molecule has 2 aliphatic heterocycles. The number of rotatable bonds is 6. The van der Waals surface area contributed by atoms with Gasteiger partial charge in [0.15, 0.2) is 11.6 Å². The third kappa shape index (κ3) is 4.98. The van der Waals surface area contributed by atoms with E-state index in [2.05, 4.69) is 15.6 Å². The molecule has 2 aromatic carbocycles. The van der Waals surface area contributed by atoms with Gasteiger partial charge in [-0.2, -0.15) is 0 Å². The smallest absolute Gasteiger partial charge is 0.270 e. The predicted octanol–water partition coefficient (Wildman–Crippen LogP) is 4.80. The Balaban J connectivity index is 1.25. The minimum atomic E-state index is -0.936. The first kappa shape index (κ1) is 22.9. The highest BCUT2D eigenvalue weighted by Gasteiger charge is 2.29. The van der Waals surface area contributed by atoms with E-state index in [4.69, 9.17) is 16.3 Å². The molecule has 3 aromatic rings. The molecule has 0 unspecified atom stereocenters. The van der Waals surface area contributed by atoms with Crippen LogP contribution in [0.5, 0.6) is 5.75 Å². The first-order valence-corrected chi connectivity index (χ1v) is 12.0. The molecule has 34 heavy (non-hydrogen) atoms. The second-order valence-electron chi connectivity index (χ2n) is 9.06. The molecule has 0 saturated carbocycles. The van der Waals surface area contributed by atoms with Crippen molar-refractivity contribution in [2.75, 3.05) is 38.1 Å². The lowest BCUT2D eigenvalue weighted by Crippen LogP contribution is -2.35. The van der Waals surface area contributed by atoms with Crippen molar-refractivity contribution in [2.45, 2.75) is 25.3 Å². The van der Waals surface area contributed by atoms with Crippen LogP contribution in [0.3, 0.4) is 0 Å². The Labute approximate surface area is 201 Å². The lowest BCUT2D eigenvalue weighted by atomic mass is 10.1. The first-order valence-electron chi connectivity index (χ1n) is 11.6. The molecule has 180 valence electrons. The van der Waals surface area contributed by atoms with Gasteiger partial charge in [-0.15, -0.1) is 0 Å². The van der Waals surface area contributed by atoms with Crippen LogP contribution in [0, 0.1) is 17.6 Å². The maximum atomic E-state index is 13.4. The summed E-state index contributed by atoms with van der Waals surface area (Å²) in [6.07, 6.45) is 2.84. The quantitative estimate of drug-likeness (QED) is 0.466. The summed E-state index contributed by atoms with van der Waals surface area (Å²) in [4.78, 5) is 18.3. The molecule has 2 aliphatic rings. The van der Waals surface area contributed by atoms with E-state index in [-0.39, 0.29) is 17.6 Å². The highest BCUT2D eigenvalue weighted by atomic mass is 35.5. The van der Waals surface area contributed by atoms with Gasteiger partial charge in [-0.3, -0.25) is 4.79 Å². The molecule has 0 bridgehead atoms. The summed E-state index contributed by atoms with van der Waals surface area (Å²) in [5.41, 5.74) is 2.31. The number of likely N-dealkylation sites (tertiary alicyclic amines) is 1. The standard InChI is InChI=1S/C25H27ClF2N4O2/c26-17-9-16-10-23(31-24(16)22(11-17)30-18-3-6-29-7-4-18)25(33)32-8-5-15(13-32)14-34-19-1-2-20(27)21(28)12-19/h1-2,9-12,15,18,29-31H,3-8,13-14H2/t15-/m1/s1. The molecule has 2 fully saturated rings. The van der Waals surface area contributed by atoms with Crippen molar-refractivity contribution in [3.63, 3.8) is 0 Å². The normalized spacial score (nSPS) is 19.0. The highest BCUT2D eigenvalue weighted by molar-refractivity contribution is 6.32. The maximum Gasteiger partial charge on any atom is 0.270 e. The number of amides is 1. The number of aromatic amines is 1. The lowest BCUT2D eigenvalue weighted by molar-refractivity contribution is 0.0778. The number of piperidine rings is 1. The SMILES string of the molecule is O=C(c1cc2cc(Cl)cc(NC3CCNCC3)c2[nH]1)N1CC[C@@H](COc2ccc(F)c(F)c2)C1. The predicted molar refractivity (Wildman–Crippen MR) is 129 cm³/mol. The van der Waals surface area contributed by atoms with Crippen molar-refractivity contribution in [2.24, 2.45) is 5.92 Å². The number of halogens is 3. The molecule has 2 saturated heterocycles. The Morgan fingerprint density at radius 3 is 2.74 bits per heavy atom. The lowest BCUT2D eigenvalue weighted by Gasteiger charge is -2.25. The van der Waals surface area contributed by atoms with Crippen LogP contribution in [-0.2, 0) is 0 Å². The van der Waals surface area contributed by atoms with Crippen molar-refractivity contribution in [3.8, 4) is 5.75 Å². The number of benzene rings is 2. The number of H-pyrrole nitrogens is 1. The molecule has 1 aromatic heterocycles. The zero-order valence-corrected chi connectivity index (χ0v) is 19.4. The zero-order valence-electron chi connectivity index (χ0n) is 18.7. The van der Waals surface area contributed by atoms with Crippen LogP contribution >= 0.6 is 11.6 Å². The Hall–Kier alpha value is -2.84. The zero-order chi connectivity index (χ0) is 23.7. The van der Waals surface area contributed by atoms with Crippen LogP contribution in [0.15, 0.2) is 36.4 Å². The van der Waals surface area contributed by atoms with Crippen LogP contribution < -0.4 is 15.4 Å². The number of hydrogen-bond donors (Lipinski definition) is 3. The highest BCUT2D eigenvalue weighted by Crippen LogP contribution is 2.31. The van der Waals surface area contributed by atoms with Crippen LogP contribution in [0.25, 0.3) is 10.9 Å². The van der Waals surface area contributed by atoms with Crippen molar-refractivity contribution < 1.29 is 18.3 Å². The van der Waals surface area contributed by atoms with E-state index in [1.807, 2.05) is 18.2 Å². The molecule has 0 radical (unpaired) electrons. The summed E-state index contributed by atoms with van der Waals surface area (Å²) in [5.74, 6) is -1.51. The molecule has 3 N–H and O–H groups in total. The van der Waals surface area contributed by atoms with Gasteiger partial charge >= 0.3 is 0 Å². The van der Waals surface area contributed by atoms with Gasteiger partial charge in [-0.1, -0.05) is 11.6 Å². The molecule has 3 heterocycles. The molecule has 5 rings (SSSR count). The van der Waals surface area contributed by atoms with Crippen molar-refractivity contribution in [3.05, 3.63) is 58.7 Å². The number of carbonyl (C=O) groups is 1. The van der Waals surface area contributed by atoms with E-state index in [9.17, 15) is 13.6 Å². The fourth-order valence-electron chi connectivity index (χ4n) is 4.73. The van der Waals surface area contributed by atoms with Crippen molar-refractivity contribution >= 4 is 34.1 Å². The summed E-state index contributed by atoms with van der Waals surface area (Å²) in [5, 5.41) is 8.46. The van der Waals surface area contributed by atoms with Gasteiger partial charge in [0.2, 0.25) is 0 Å². The summed E-state index contributed by atoms with van der Waals surface area (Å²) in [6, 6.07) is 9.46. The third-order valence-corrected chi connectivity index (χ3v) is 6.79. The molecule has 6 nitrogen and oxygen atoms in total. The average Bonchev–Trinajstić information content (AvgIpc) is 3.47. The van der Waals surface area contributed by atoms with E-state index in [0.717, 1.165) is 61.1 Å². The Bertz CT molecular complexity index is 1200. The molecule has 1 atom stereocenters. The van der Waals surface area contributed by atoms with Gasteiger partial charge in [0.25, 0.3) is 5.91 Å². The third-order valence-electron chi connectivity index (χ3n) is 6.57. The molecular weight excluding hydrogens is 462 g/mol. The summed E-state index contributed by atoms with van der Waals surface area (Å²) < 4.78 is 32.1. The molecule has 0 spiro atoms. The second kappa shape index (κ2) is 9.80. The van der Waals surface area contributed by atoms with Gasteiger partial charge < -0.3 is 25.3 Å². The van der Waals surface area contributed by atoms with Gasteiger partial charge in [0, 0.05) is 41.5 Å². The monoisotopic (exact) mass is 488 g/mol. The number of ether oxygens (including phenoxy) is 1. The number of fused-ring (bicyclic) bond motifs is 1. The first-order chi connectivity index (χ1) is 16.5. The number of aromatic nitrogens is 1.